The van der Waals surface area contributed by atoms with Crippen LogP contribution in [0.3, 0.4) is 0 Å². The van der Waals surface area contributed by atoms with Gasteiger partial charge in [-0.3, -0.25) is 4.55 Å². The molecule has 14 atom stereocenters. The summed E-state index contributed by atoms with van der Waals surface area (Å²) in [6, 6.07) is 0. The maximum Gasteiger partial charge on any atom is 0.397 e. The predicted molar refractivity (Wildman–Crippen MR) is 138 cm³/mol. The number of fused-ring (bicyclic) bond motifs is 5. The van der Waals surface area contributed by atoms with Gasteiger partial charge in [0.2, 0.25) is 0 Å². The van der Waals surface area contributed by atoms with E-state index in [1.807, 2.05) is 27.7 Å². The quantitative estimate of drug-likeness (QED) is 0.222. The van der Waals surface area contributed by atoms with Crippen LogP contribution in [-0.4, -0.2) is 85.8 Å². The normalized spacial score (nSPS) is 50.7. The summed E-state index contributed by atoms with van der Waals surface area (Å²) in [6.45, 7) is 9.85. The molecule has 0 aliphatic heterocycles. The number of hydrogen-bond donors (Lipinski definition) is 7. The van der Waals surface area contributed by atoms with Gasteiger partial charge in [0.1, 0.15) is 17.8 Å². The van der Waals surface area contributed by atoms with Crippen LogP contribution in [0.2, 0.25) is 0 Å². The van der Waals surface area contributed by atoms with Crippen LogP contribution < -0.4 is 0 Å². The average Bonchev–Trinajstić information content (AvgIpc) is 3.08. The zero-order valence-corrected chi connectivity index (χ0v) is 24.0. The van der Waals surface area contributed by atoms with Gasteiger partial charge < -0.3 is 30.6 Å². The molecular weight excluding hydrogens is 516 g/mol. The first-order valence-corrected chi connectivity index (χ1v) is 15.5. The van der Waals surface area contributed by atoms with Crippen molar-refractivity contribution in [3.63, 3.8) is 0 Å². The predicted octanol–water partition coefficient (Wildman–Crippen LogP) is 1.26. The van der Waals surface area contributed by atoms with Crippen molar-refractivity contribution in [3.05, 3.63) is 0 Å². The topological polar surface area (TPSA) is 185 Å². The summed E-state index contributed by atoms with van der Waals surface area (Å²) in [7, 11) is -5.09. The molecule has 0 spiro atoms. The van der Waals surface area contributed by atoms with Crippen molar-refractivity contribution in [2.45, 2.75) is 122 Å². The Morgan fingerprint density at radius 2 is 1.55 bits per heavy atom. The van der Waals surface area contributed by atoms with E-state index < -0.39 is 81.2 Å². The molecule has 0 aromatic rings. The van der Waals surface area contributed by atoms with Gasteiger partial charge in [-0.2, -0.15) is 8.42 Å². The summed E-state index contributed by atoms with van der Waals surface area (Å²) in [6.07, 6.45) is -4.13. The molecule has 0 heterocycles. The molecule has 10 nitrogen and oxygen atoms in total. The van der Waals surface area contributed by atoms with E-state index in [-0.39, 0.29) is 24.2 Å². The average molecular weight is 565 g/mol. The van der Waals surface area contributed by atoms with Gasteiger partial charge in [0.25, 0.3) is 0 Å². The summed E-state index contributed by atoms with van der Waals surface area (Å²) in [5.74, 6) is -2.24. The summed E-state index contributed by atoms with van der Waals surface area (Å²) in [5, 5.41) is 67.5. The molecule has 4 aliphatic carbocycles. The first-order valence-electron chi connectivity index (χ1n) is 14.2. The SMILES string of the molecule is CC(C)[C@@H](O)CC[C@@H](C)[C@H]1C[C@@H](O)[C@@H]2[C@]1(C)CC[C@@H]1[C@@]3(C)CC[C@H](O)[C@H](O)[C@@H]3[C@@H](OS(=O)(=O)O)[C@@H](O)[C@]12O. The van der Waals surface area contributed by atoms with Gasteiger partial charge >= 0.3 is 10.4 Å². The fourth-order valence-corrected chi connectivity index (χ4v) is 10.1. The highest BCUT2D eigenvalue weighted by Gasteiger charge is 2.75. The van der Waals surface area contributed by atoms with Crippen LogP contribution in [0.4, 0.5) is 0 Å². The second kappa shape index (κ2) is 10.2. The van der Waals surface area contributed by atoms with Crippen LogP contribution >= 0.6 is 0 Å². The third kappa shape index (κ3) is 4.67. The van der Waals surface area contributed by atoms with Crippen LogP contribution in [0.15, 0.2) is 0 Å². The van der Waals surface area contributed by atoms with Crippen LogP contribution in [0.5, 0.6) is 0 Å². The largest absolute Gasteiger partial charge is 0.397 e. The van der Waals surface area contributed by atoms with Crippen molar-refractivity contribution >= 4 is 10.4 Å². The van der Waals surface area contributed by atoms with Gasteiger partial charge in [0.15, 0.2) is 0 Å². The van der Waals surface area contributed by atoms with Gasteiger partial charge in [-0.1, -0.05) is 34.6 Å². The Morgan fingerprint density at radius 1 is 0.947 bits per heavy atom. The van der Waals surface area contributed by atoms with Crippen molar-refractivity contribution < 1.29 is 47.8 Å². The fourth-order valence-electron chi connectivity index (χ4n) is 9.63. The molecule has 4 aliphatic rings. The zero-order chi connectivity index (χ0) is 28.6. The number of aliphatic hydroxyl groups excluding tert-OH is 5. The van der Waals surface area contributed by atoms with Crippen molar-refractivity contribution in [2.24, 2.45) is 46.3 Å². The highest BCUT2D eigenvalue weighted by Crippen LogP contribution is 2.70. The Kier molecular flexibility index (Phi) is 8.18. The van der Waals surface area contributed by atoms with Gasteiger partial charge in [0.05, 0.1) is 24.4 Å². The molecule has 11 heteroatoms. The summed E-state index contributed by atoms with van der Waals surface area (Å²) >= 11 is 0. The minimum atomic E-state index is -5.09. The van der Waals surface area contributed by atoms with Crippen LogP contribution in [0, 0.1) is 46.3 Å². The maximum absolute atomic E-state index is 12.5. The molecule has 38 heavy (non-hydrogen) atoms. The van der Waals surface area contributed by atoms with E-state index in [0.29, 0.717) is 32.1 Å². The minimum Gasteiger partial charge on any atom is -0.393 e. The molecule has 0 bridgehead atoms. The second-order valence-corrected chi connectivity index (χ2v) is 14.8. The molecule has 0 aromatic heterocycles. The second-order valence-electron chi connectivity index (χ2n) is 13.8. The lowest BCUT2D eigenvalue weighted by molar-refractivity contribution is -0.318. The molecule has 4 saturated carbocycles. The lowest BCUT2D eigenvalue weighted by Gasteiger charge is -2.68. The Morgan fingerprint density at radius 3 is 2.13 bits per heavy atom. The van der Waals surface area contributed by atoms with E-state index in [1.165, 1.54) is 0 Å². The third-order valence-corrected chi connectivity index (χ3v) is 12.0. The molecule has 7 N–H and O–H groups in total. The number of rotatable bonds is 7. The fraction of sp³-hybridized carbons (Fsp3) is 1.00. The number of aliphatic hydroxyl groups is 6. The Labute approximate surface area is 226 Å². The van der Waals surface area contributed by atoms with E-state index >= 15 is 0 Å². The summed E-state index contributed by atoms with van der Waals surface area (Å²) < 4.78 is 38.3. The van der Waals surface area contributed by atoms with Gasteiger partial charge in [0, 0.05) is 11.8 Å². The van der Waals surface area contributed by atoms with E-state index in [1.54, 1.807) is 0 Å². The van der Waals surface area contributed by atoms with Crippen molar-refractivity contribution in [3.8, 4) is 0 Å². The lowest BCUT2D eigenvalue weighted by atomic mass is 9.40. The molecular formula is C27H48O10S. The van der Waals surface area contributed by atoms with Gasteiger partial charge in [-0.15, -0.1) is 0 Å². The lowest BCUT2D eigenvalue weighted by Crippen LogP contribution is -2.77. The van der Waals surface area contributed by atoms with E-state index in [0.717, 1.165) is 6.42 Å². The Balaban J connectivity index is 1.74. The minimum absolute atomic E-state index is 0.00993. The first kappa shape index (κ1) is 30.6. The Hall–Kier alpha value is -0.370. The monoisotopic (exact) mass is 564 g/mol. The van der Waals surface area contributed by atoms with E-state index in [9.17, 15) is 43.6 Å². The number of hydrogen-bond acceptors (Lipinski definition) is 9. The summed E-state index contributed by atoms with van der Waals surface area (Å²) in [4.78, 5) is 0. The molecule has 0 unspecified atom stereocenters. The highest BCUT2D eigenvalue weighted by molar-refractivity contribution is 7.80. The molecule has 4 fully saturated rings. The molecule has 0 aromatic carbocycles. The van der Waals surface area contributed by atoms with Crippen molar-refractivity contribution in [1.29, 1.82) is 0 Å². The van der Waals surface area contributed by atoms with Crippen molar-refractivity contribution in [1.82, 2.24) is 0 Å². The van der Waals surface area contributed by atoms with E-state index in [2.05, 4.69) is 6.92 Å². The summed E-state index contributed by atoms with van der Waals surface area (Å²) in [5.41, 5.74) is -3.48. The maximum atomic E-state index is 12.5. The molecule has 0 saturated heterocycles. The molecule has 0 radical (unpaired) electrons. The first-order chi connectivity index (χ1) is 17.4. The van der Waals surface area contributed by atoms with Crippen molar-refractivity contribution in [2.75, 3.05) is 0 Å². The molecule has 4 rings (SSSR count). The van der Waals surface area contributed by atoms with Crippen LogP contribution in [0.1, 0.15) is 79.6 Å². The van der Waals surface area contributed by atoms with Crippen LogP contribution in [0.25, 0.3) is 0 Å². The van der Waals surface area contributed by atoms with Crippen LogP contribution in [-0.2, 0) is 14.6 Å². The van der Waals surface area contributed by atoms with E-state index in [4.69, 9.17) is 4.18 Å². The highest BCUT2D eigenvalue weighted by atomic mass is 32.3. The Bertz CT molecular complexity index is 975. The van der Waals surface area contributed by atoms with Gasteiger partial charge in [-0.25, -0.2) is 4.18 Å². The molecule has 222 valence electrons. The standard InChI is InChI=1S/C27H48O10S/c1-13(2)16(28)7-6-14(3)15-12-18(30)23-25(15,4)11-9-19-26(5)10-8-17(29)21(31)20(26)22(37-38(34,35)36)24(32)27(19,23)33/h13-24,28-33H,6-12H2,1-5H3,(H,34,35,36)/t14-,15-,16+,17+,18-,19-,20-,21+,22-,23-,24-,25-,26-,27+/m1/s1. The molecule has 0 amide bonds. The smallest absolute Gasteiger partial charge is 0.393 e. The third-order valence-electron chi connectivity index (χ3n) is 11.5. The van der Waals surface area contributed by atoms with Gasteiger partial charge in [-0.05, 0) is 79.4 Å². The zero-order valence-electron chi connectivity index (χ0n) is 23.1.